The zero-order valence-electron chi connectivity index (χ0n) is 16.7. The Kier molecular flexibility index (Phi) is 9.69. The first kappa shape index (κ1) is 23.7. The minimum Gasteiger partial charge on any atom is -0.325 e. The molecule has 0 aliphatic rings. The zero-order valence-corrected chi connectivity index (χ0v) is 17.5. The fourth-order valence-corrected chi connectivity index (χ4v) is 2.82. The van der Waals surface area contributed by atoms with E-state index in [2.05, 4.69) is 5.32 Å². The van der Waals surface area contributed by atoms with Gasteiger partial charge in [0, 0.05) is 17.9 Å². The van der Waals surface area contributed by atoms with Crippen LogP contribution < -0.4 is 16.0 Å². The quantitative estimate of drug-likeness (QED) is 0.699. The first-order valence-corrected chi connectivity index (χ1v) is 9.47. The van der Waals surface area contributed by atoms with Crippen LogP contribution in [0.3, 0.4) is 0 Å². The van der Waals surface area contributed by atoms with E-state index < -0.39 is 6.04 Å². The van der Waals surface area contributed by atoms with Gasteiger partial charge in [-0.1, -0.05) is 50.6 Å². The van der Waals surface area contributed by atoms with Crippen LogP contribution in [0, 0.1) is 5.92 Å². The lowest BCUT2D eigenvalue weighted by Crippen LogP contribution is -2.40. The number of carbonyl (C=O) groups excluding carboxylic acids is 2. The van der Waals surface area contributed by atoms with Gasteiger partial charge in [0.1, 0.15) is 0 Å². The summed E-state index contributed by atoms with van der Waals surface area (Å²) in [4.78, 5) is 26.6. The first-order valence-electron chi connectivity index (χ1n) is 9.47. The number of carbonyl (C=O) groups is 2. The molecule has 2 unspecified atom stereocenters. The van der Waals surface area contributed by atoms with Crippen molar-refractivity contribution in [3.05, 3.63) is 60.2 Å². The molecule has 28 heavy (non-hydrogen) atoms. The van der Waals surface area contributed by atoms with Crippen LogP contribution in [-0.4, -0.2) is 24.4 Å². The lowest BCUT2D eigenvalue weighted by atomic mass is 9.99. The molecule has 0 heterocycles. The van der Waals surface area contributed by atoms with Gasteiger partial charge in [-0.15, -0.1) is 12.4 Å². The largest absolute Gasteiger partial charge is 0.325 e. The van der Waals surface area contributed by atoms with Crippen molar-refractivity contribution in [2.75, 3.05) is 16.8 Å². The summed E-state index contributed by atoms with van der Waals surface area (Å²) in [6.45, 7) is 6.55. The Morgan fingerprint density at radius 1 is 1.04 bits per heavy atom. The maximum Gasteiger partial charge on any atom is 0.241 e. The van der Waals surface area contributed by atoms with Gasteiger partial charge in [-0.25, -0.2) is 0 Å². The van der Waals surface area contributed by atoms with Crippen molar-refractivity contribution in [3.8, 4) is 0 Å². The number of hydrogen-bond donors (Lipinski definition) is 2. The summed E-state index contributed by atoms with van der Waals surface area (Å²) in [6, 6.07) is 16.5. The fourth-order valence-electron chi connectivity index (χ4n) is 2.82. The van der Waals surface area contributed by atoms with Crippen LogP contribution in [0.4, 0.5) is 11.4 Å². The molecule has 0 aromatic heterocycles. The number of halogens is 1. The molecule has 0 bridgehead atoms. The molecule has 2 rings (SSSR count). The molecule has 0 radical (unpaired) electrons. The second-order valence-corrected chi connectivity index (χ2v) is 6.75. The molecule has 0 aliphatic carbocycles. The monoisotopic (exact) mass is 403 g/mol. The van der Waals surface area contributed by atoms with Gasteiger partial charge in [-0.2, -0.15) is 0 Å². The van der Waals surface area contributed by atoms with Crippen LogP contribution in [-0.2, 0) is 16.0 Å². The minimum atomic E-state index is -0.528. The number of benzene rings is 2. The molecule has 0 aliphatic heterocycles. The summed E-state index contributed by atoms with van der Waals surface area (Å²) in [5.74, 6) is -0.0198. The number of para-hydroxylation sites is 1. The van der Waals surface area contributed by atoms with E-state index in [-0.39, 0.29) is 30.1 Å². The second-order valence-electron chi connectivity index (χ2n) is 6.75. The molecule has 0 saturated heterocycles. The van der Waals surface area contributed by atoms with Crippen LogP contribution in [0.5, 0.6) is 0 Å². The number of hydrogen-bond acceptors (Lipinski definition) is 3. The van der Waals surface area contributed by atoms with Gasteiger partial charge in [0.05, 0.1) is 12.5 Å². The van der Waals surface area contributed by atoms with Crippen LogP contribution in [0.15, 0.2) is 54.6 Å². The van der Waals surface area contributed by atoms with Crippen LogP contribution in [0.2, 0.25) is 0 Å². The van der Waals surface area contributed by atoms with Crippen LogP contribution in [0.1, 0.15) is 32.8 Å². The third-order valence-electron chi connectivity index (χ3n) is 4.82. The predicted octanol–water partition coefficient (Wildman–Crippen LogP) is 4.02. The molecular formula is C22H30ClN3O2. The molecule has 0 spiro atoms. The Labute approximate surface area is 173 Å². The van der Waals surface area contributed by atoms with Crippen molar-refractivity contribution in [3.63, 3.8) is 0 Å². The van der Waals surface area contributed by atoms with Gasteiger partial charge in [0.15, 0.2) is 0 Å². The highest BCUT2D eigenvalue weighted by Gasteiger charge is 2.19. The number of nitrogens with zero attached hydrogens (tertiary/aromatic N) is 1. The van der Waals surface area contributed by atoms with Gasteiger partial charge >= 0.3 is 0 Å². The number of nitrogens with one attached hydrogen (secondary N) is 1. The third-order valence-corrected chi connectivity index (χ3v) is 4.82. The molecule has 5 nitrogen and oxygen atoms in total. The molecule has 0 saturated carbocycles. The average Bonchev–Trinajstić information content (AvgIpc) is 2.69. The molecule has 2 atom stereocenters. The summed E-state index contributed by atoms with van der Waals surface area (Å²) < 4.78 is 0. The number of amides is 2. The van der Waals surface area contributed by atoms with Crippen molar-refractivity contribution >= 4 is 35.6 Å². The van der Waals surface area contributed by atoms with Crippen molar-refractivity contribution in [1.82, 2.24) is 0 Å². The molecule has 0 fully saturated rings. The highest BCUT2D eigenvalue weighted by atomic mass is 35.5. The number of rotatable bonds is 8. The Bertz CT molecular complexity index is 750. The topological polar surface area (TPSA) is 75.4 Å². The highest BCUT2D eigenvalue weighted by Crippen LogP contribution is 2.17. The van der Waals surface area contributed by atoms with Crippen molar-refractivity contribution in [2.24, 2.45) is 11.7 Å². The summed E-state index contributed by atoms with van der Waals surface area (Å²) in [6.07, 6.45) is 1.16. The normalized spacial score (nSPS) is 12.4. The van der Waals surface area contributed by atoms with E-state index in [4.69, 9.17) is 5.73 Å². The Hall–Kier alpha value is -2.37. The van der Waals surface area contributed by atoms with E-state index in [1.807, 2.05) is 75.4 Å². The standard InChI is InChI=1S/C22H29N3O2.ClH/c1-4-16(3)21(23)22(27)24-18-13-11-17(12-14-18)15-20(26)25(5-2)19-9-7-6-8-10-19;/h6-14,16,21H,4-5,15,23H2,1-3H3,(H,24,27);1H. The summed E-state index contributed by atoms with van der Waals surface area (Å²) >= 11 is 0. The molecule has 152 valence electrons. The Balaban J connectivity index is 0.00000392. The van der Waals surface area contributed by atoms with Crippen LogP contribution >= 0.6 is 12.4 Å². The van der Waals surface area contributed by atoms with E-state index in [0.717, 1.165) is 17.7 Å². The maximum atomic E-state index is 12.6. The molecule has 6 heteroatoms. The van der Waals surface area contributed by atoms with Gasteiger partial charge < -0.3 is 16.0 Å². The first-order chi connectivity index (χ1) is 13.0. The van der Waals surface area contributed by atoms with Gasteiger partial charge in [0.25, 0.3) is 0 Å². The van der Waals surface area contributed by atoms with E-state index in [9.17, 15) is 9.59 Å². The zero-order chi connectivity index (χ0) is 19.8. The van der Waals surface area contributed by atoms with Crippen LogP contribution in [0.25, 0.3) is 0 Å². The van der Waals surface area contributed by atoms with E-state index in [1.54, 1.807) is 4.90 Å². The second kappa shape index (κ2) is 11.5. The van der Waals surface area contributed by atoms with Gasteiger partial charge in [-0.05, 0) is 42.7 Å². The summed E-state index contributed by atoms with van der Waals surface area (Å²) in [7, 11) is 0. The maximum absolute atomic E-state index is 12.6. The SMILES string of the molecule is CCC(C)C(N)C(=O)Nc1ccc(CC(=O)N(CC)c2ccccc2)cc1.Cl. The van der Waals surface area contributed by atoms with E-state index >= 15 is 0 Å². The minimum absolute atomic E-state index is 0. The third kappa shape index (κ3) is 6.36. The highest BCUT2D eigenvalue weighted by molar-refractivity contribution is 5.96. The number of anilines is 2. The lowest BCUT2D eigenvalue weighted by molar-refractivity contribution is -0.119. The van der Waals surface area contributed by atoms with Gasteiger partial charge in [0.2, 0.25) is 11.8 Å². The number of likely N-dealkylation sites (N-methyl/N-ethyl adjacent to an activating group) is 1. The predicted molar refractivity (Wildman–Crippen MR) is 118 cm³/mol. The molecule has 3 N–H and O–H groups in total. The Morgan fingerprint density at radius 3 is 2.18 bits per heavy atom. The van der Waals surface area contributed by atoms with E-state index in [1.165, 1.54) is 0 Å². The average molecular weight is 404 g/mol. The van der Waals surface area contributed by atoms with Crippen molar-refractivity contribution < 1.29 is 9.59 Å². The molecular weight excluding hydrogens is 374 g/mol. The summed E-state index contributed by atoms with van der Waals surface area (Å²) in [5.41, 5.74) is 8.44. The lowest BCUT2D eigenvalue weighted by Gasteiger charge is -2.21. The number of nitrogens with two attached hydrogens (primary N) is 1. The van der Waals surface area contributed by atoms with Crippen molar-refractivity contribution in [1.29, 1.82) is 0 Å². The van der Waals surface area contributed by atoms with Gasteiger partial charge in [-0.3, -0.25) is 9.59 Å². The fraction of sp³-hybridized carbons (Fsp3) is 0.364. The Morgan fingerprint density at radius 2 is 1.64 bits per heavy atom. The summed E-state index contributed by atoms with van der Waals surface area (Å²) in [5, 5.41) is 2.84. The molecule has 2 aromatic rings. The smallest absolute Gasteiger partial charge is 0.241 e. The molecule has 2 amide bonds. The molecule has 2 aromatic carbocycles. The van der Waals surface area contributed by atoms with E-state index in [0.29, 0.717) is 18.7 Å². The van der Waals surface area contributed by atoms with Crippen molar-refractivity contribution in [2.45, 2.75) is 39.7 Å².